The average molecular weight is 166 g/mol. The van der Waals surface area contributed by atoms with Gasteiger partial charge in [-0.3, -0.25) is 10.9 Å². The average Bonchev–Trinajstić information content (AvgIpc) is 1.85. The Labute approximate surface area is 63.0 Å². The summed E-state index contributed by atoms with van der Waals surface area (Å²) in [6.45, 7) is 0. The molecule has 7 nitrogen and oxygen atoms in total. The molecule has 0 radical (unpaired) electrons. The van der Waals surface area contributed by atoms with Crippen LogP contribution in [0.25, 0.3) is 0 Å². The van der Waals surface area contributed by atoms with E-state index in [0.717, 1.165) is 0 Å². The van der Waals surface area contributed by atoms with E-state index in [1.165, 1.54) is 0 Å². The predicted molar refractivity (Wildman–Crippen MR) is 41.0 cm³/mol. The maximum absolute atomic E-state index is 9.71. The second-order valence-corrected chi connectivity index (χ2v) is 1.49. The number of hydrogen-bond donors (Lipinski definition) is 6. The van der Waals surface area contributed by atoms with Crippen LogP contribution >= 0.6 is 12.2 Å². The van der Waals surface area contributed by atoms with E-state index in [0.29, 0.717) is 0 Å². The summed E-state index contributed by atoms with van der Waals surface area (Å²) in [5.74, 6) is 9.08. The van der Waals surface area contributed by atoms with Crippen molar-refractivity contribution in [3.05, 3.63) is 0 Å². The molecule has 0 bridgehead atoms. The van der Waals surface area contributed by atoms with E-state index >= 15 is 0 Å². The molecule has 0 fully saturated rings. The molecule has 0 spiro atoms. The van der Waals surface area contributed by atoms with E-state index in [9.17, 15) is 4.79 Å². The Morgan fingerprint density at radius 2 is 1.40 bits per heavy atom. The van der Waals surface area contributed by atoms with Gasteiger partial charge in [-0.2, -0.15) is 0 Å². The van der Waals surface area contributed by atoms with E-state index in [2.05, 4.69) is 35.4 Å². The van der Waals surface area contributed by atoms with Crippen molar-refractivity contribution in [2.24, 2.45) is 23.2 Å². The number of nitrogens with one attached hydrogen (secondary N) is 2. The van der Waals surface area contributed by atoms with Gasteiger partial charge in [-0.05, 0) is 12.2 Å². The third-order valence-corrected chi connectivity index (χ3v) is 0.262. The molecule has 0 unspecified atom stereocenters. The first-order valence-corrected chi connectivity index (χ1v) is 2.47. The van der Waals surface area contributed by atoms with Crippen LogP contribution in [0.5, 0.6) is 0 Å². The topological polar surface area (TPSA) is 145 Å². The molecule has 0 atom stereocenters. The van der Waals surface area contributed by atoms with Crippen LogP contribution in [0, 0.1) is 0 Å². The quantitative estimate of drug-likeness (QED) is 0.0993. The van der Waals surface area contributed by atoms with E-state index in [4.69, 9.17) is 0 Å². The van der Waals surface area contributed by atoms with E-state index in [-0.39, 0.29) is 5.11 Å². The van der Waals surface area contributed by atoms with Gasteiger partial charge in [0.2, 0.25) is 0 Å². The maximum atomic E-state index is 9.71. The Balaban J connectivity index is 0. The molecule has 8 heteroatoms. The summed E-state index contributed by atoms with van der Waals surface area (Å²) in [6.07, 6.45) is 0. The van der Waals surface area contributed by atoms with Gasteiger partial charge in [0.25, 0.3) is 0 Å². The normalized spacial score (nSPS) is 6.60. The number of rotatable bonds is 0. The van der Waals surface area contributed by atoms with Gasteiger partial charge in [-0.15, -0.1) is 0 Å². The number of thiocarbonyl (C=S) groups is 1. The van der Waals surface area contributed by atoms with Crippen molar-refractivity contribution in [1.82, 2.24) is 10.9 Å². The molecule has 0 aromatic rings. The fourth-order valence-corrected chi connectivity index (χ4v) is 0.0417. The molecule has 0 heterocycles. The summed E-state index contributed by atoms with van der Waals surface area (Å²) in [4.78, 5) is 9.71. The molecule has 60 valence electrons. The lowest BCUT2D eigenvalue weighted by Gasteiger charge is -1.90. The smallest absolute Gasteiger partial charge is 0.343 e. The Bertz CT molecular complexity index is 104. The molecule has 10 N–H and O–H groups in total. The second-order valence-electron chi connectivity index (χ2n) is 1.02. The largest absolute Gasteiger partial charge is 0.377 e. The Morgan fingerprint density at radius 1 is 1.20 bits per heavy atom. The SMILES string of the molecule is NC(N)=S.NNC(=O)NN. The Morgan fingerprint density at radius 3 is 1.40 bits per heavy atom. The number of urea groups is 1. The highest BCUT2D eigenvalue weighted by Gasteiger charge is 1.82. The summed E-state index contributed by atoms with van der Waals surface area (Å²) < 4.78 is 0. The summed E-state index contributed by atoms with van der Waals surface area (Å²) in [6, 6.07) is -0.602. The van der Waals surface area contributed by atoms with Crippen LogP contribution in [0.2, 0.25) is 0 Å². The van der Waals surface area contributed by atoms with Crippen molar-refractivity contribution in [3.63, 3.8) is 0 Å². The lowest BCUT2D eigenvalue weighted by atomic mass is 11.1. The molecular weight excluding hydrogens is 156 g/mol. The van der Waals surface area contributed by atoms with Crippen molar-refractivity contribution in [2.75, 3.05) is 0 Å². The van der Waals surface area contributed by atoms with E-state index < -0.39 is 6.03 Å². The number of amides is 2. The highest BCUT2D eigenvalue weighted by Crippen LogP contribution is 1.42. The molecule has 0 saturated carbocycles. The van der Waals surface area contributed by atoms with Gasteiger partial charge >= 0.3 is 6.03 Å². The lowest BCUT2D eigenvalue weighted by Crippen LogP contribution is -2.43. The zero-order chi connectivity index (χ0) is 8.57. The number of hydrazine groups is 2. The van der Waals surface area contributed by atoms with Crippen molar-refractivity contribution in [1.29, 1.82) is 0 Å². The summed E-state index contributed by atoms with van der Waals surface area (Å²) >= 11 is 4.09. The monoisotopic (exact) mass is 166 g/mol. The number of nitrogens with two attached hydrogens (primary N) is 4. The molecule has 0 aliphatic rings. The summed E-state index contributed by atoms with van der Waals surface area (Å²) in [5, 5.41) is 0.000000000000000222. The molecule has 0 aliphatic carbocycles. The molecule has 2 amide bonds. The van der Waals surface area contributed by atoms with Crippen molar-refractivity contribution in [3.8, 4) is 0 Å². The number of carbonyl (C=O) groups excluding carboxylic acids is 1. The van der Waals surface area contributed by atoms with Gasteiger partial charge in [0.15, 0.2) is 5.11 Å². The molecule has 10 heavy (non-hydrogen) atoms. The first kappa shape index (κ1) is 11.6. The van der Waals surface area contributed by atoms with Crippen LogP contribution in [0.15, 0.2) is 0 Å². The van der Waals surface area contributed by atoms with E-state index in [1.807, 2.05) is 0 Å². The third kappa shape index (κ3) is 28.7. The summed E-state index contributed by atoms with van der Waals surface area (Å²) in [5.41, 5.74) is 12.7. The van der Waals surface area contributed by atoms with Crippen molar-refractivity contribution < 1.29 is 4.79 Å². The maximum Gasteiger partial charge on any atom is 0.343 e. The standard InChI is InChI=1S/CH6N4O.CH4N2S/c2-4-1(6)5-3;2-1(3)4/h2-3H2,(H2,4,5,6);(H4,2,3,4). The van der Waals surface area contributed by atoms with Crippen molar-refractivity contribution in [2.45, 2.75) is 0 Å². The molecule has 0 aromatic carbocycles. The first-order valence-electron chi connectivity index (χ1n) is 2.06. The van der Waals surface area contributed by atoms with Crippen LogP contribution in [0.3, 0.4) is 0 Å². The minimum absolute atomic E-state index is 0.000000000000000222. The van der Waals surface area contributed by atoms with E-state index in [1.54, 1.807) is 10.9 Å². The second kappa shape index (κ2) is 7.88. The Kier molecular flexibility index (Phi) is 9.18. The van der Waals surface area contributed by atoms with Crippen LogP contribution in [0.1, 0.15) is 0 Å². The molecular formula is C2H10N6OS. The van der Waals surface area contributed by atoms with Gasteiger partial charge in [0.05, 0.1) is 0 Å². The van der Waals surface area contributed by atoms with Crippen LogP contribution in [0.4, 0.5) is 4.79 Å². The molecule has 0 rings (SSSR count). The minimum atomic E-state index is -0.602. The predicted octanol–water partition coefficient (Wildman–Crippen LogP) is -2.78. The molecule has 0 aliphatic heterocycles. The van der Waals surface area contributed by atoms with Gasteiger partial charge in [-0.1, -0.05) is 0 Å². The number of carbonyl (C=O) groups is 1. The Hall–Kier alpha value is -1.12. The fourth-order valence-electron chi connectivity index (χ4n) is 0.0417. The highest BCUT2D eigenvalue weighted by molar-refractivity contribution is 7.80. The van der Waals surface area contributed by atoms with Crippen molar-refractivity contribution >= 4 is 23.4 Å². The third-order valence-electron chi connectivity index (χ3n) is 0.262. The lowest BCUT2D eigenvalue weighted by molar-refractivity contribution is 0.241. The zero-order valence-electron chi connectivity index (χ0n) is 5.13. The zero-order valence-corrected chi connectivity index (χ0v) is 5.94. The summed E-state index contributed by atoms with van der Waals surface area (Å²) in [7, 11) is 0. The molecule has 0 saturated heterocycles. The van der Waals surface area contributed by atoms with Gasteiger partial charge in [-0.25, -0.2) is 16.5 Å². The fraction of sp³-hybridized carbons (Fsp3) is 0. The van der Waals surface area contributed by atoms with Gasteiger partial charge in [0, 0.05) is 0 Å². The number of hydrogen-bond acceptors (Lipinski definition) is 4. The minimum Gasteiger partial charge on any atom is -0.377 e. The molecule has 0 aromatic heterocycles. The van der Waals surface area contributed by atoms with Gasteiger partial charge < -0.3 is 11.5 Å². The first-order chi connectivity index (χ1) is 4.54. The van der Waals surface area contributed by atoms with Crippen LogP contribution in [-0.4, -0.2) is 11.1 Å². The van der Waals surface area contributed by atoms with Gasteiger partial charge in [0.1, 0.15) is 0 Å². The highest BCUT2D eigenvalue weighted by atomic mass is 32.1. The van der Waals surface area contributed by atoms with Crippen LogP contribution in [-0.2, 0) is 0 Å². The van der Waals surface area contributed by atoms with Crippen LogP contribution < -0.4 is 34.0 Å².